The van der Waals surface area contributed by atoms with E-state index in [1.807, 2.05) is 0 Å². The minimum atomic E-state index is -6.18. The van der Waals surface area contributed by atoms with E-state index in [1.54, 1.807) is 44.2 Å². The molecule has 44 heavy (non-hydrogen) atoms. The van der Waals surface area contributed by atoms with E-state index in [2.05, 4.69) is 15.0 Å². The number of benzene rings is 2. The van der Waals surface area contributed by atoms with Crippen LogP contribution in [0, 0.1) is 0 Å². The number of aromatic nitrogens is 4. The van der Waals surface area contributed by atoms with E-state index in [0.717, 1.165) is 6.07 Å². The predicted molar refractivity (Wildman–Crippen MR) is 148 cm³/mol. The number of nitrogen functional groups attached to an aromatic ring is 1. The van der Waals surface area contributed by atoms with Crippen molar-refractivity contribution in [2.75, 3.05) is 12.3 Å². The first-order valence-electron chi connectivity index (χ1n) is 13.5. The van der Waals surface area contributed by atoms with Crippen LogP contribution >= 0.6 is 7.60 Å². The number of halogens is 2. The van der Waals surface area contributed by atoms with Crippen LogP contribution in [0.3, 0.4) is 0 Å². The third kappa shape index (κ3) is 5.47. The number of nitrogens with zero attached hydrogens (tertiary/aromatic N) is 4. The van der Waals surface area contributed by atoms with Crippen molar-refractivity contribution in [3.63, 3.8) is 0 Å². The van der Waals surface area contributed by atoms with Gasteiger partial charge in [-0.05, 0) is 31.5 Å². The van der Waals surface area contributed by atoms with Crippen LogP contribution in [0.25, 0.3) is 11.2 Å². The standard InChI is InChI=1S/C28H28F2N5O8P/c1-27(2)42-21-19(41-26(22(21)43-27)35-15-34-20-24(31)32-14-33-25(20)35)13-40-44(37,38)28(29,30)23(36)17-10-6-7-11-18(17)39-12-16-8-4-3-5-9-16/h3-11,14-15,19,21-22,26H,12-13H2,1-2H3,(H,37,38)(H2,31,32,33)/p-1/t19-,21?,22+,26-/m1/s1. The van der Waals surface area contributed by atoms with Gasteiger partial charge in [-0.3, -0.25) is 9.36 Å². The number of para-hydroxylation sites is 1. The summed E-state index contributed by atoms with van der Waals surface area (Å²) >= 11 is 0. The number of carbonyl (C=O) groups is 1. The Morgan fingerprint density at radius 2 is 1.80 bits per heavy atom. The molecule has 5 atom stereocenters. The molecule has 16 heteroatoms. The summed E-state index contributed by atoms with van der Waals surface area (Å²) in [6.07, 6.45) is -1.29. The fraction of sp³-hybridized carbons (Fsp3) is 0.357. The maximum Gasteiger partial charge on any atom is 0.370 e. The first kappa shape index (κ1) is 30.2. The maximum atomic E-state index is 15.4. The summed E-state index contributed by atoms with van der Waals surface area (Å²) in [5, 5.41) is 0. The average molecular weight is 631 g/mol. The second-order valence-corrected chi connectivity index (χ2v) is 12.5. The van der Waals surface area contributed by atoms with Crippen LogP contribution in [0.5, 0.6) is 5.75 Å². The largest absolute Gasteiger partial charge is 0.774 e. The summed E-state index contributed by atoms with van der Waals surface area (Å²) < 4.78 is 73.4. The van der Waals surface area contributed by atoms with Crippen molar-refractivity contribution in [3.05, 3.63) is 78.4 Å². The molecule has 2 aliphatic rings. The second-order valence-electron chi connectivity index (χ2n) is 10.6. The van der Waals surface area contributed by atoms with Crippen LogP contribution in [0.15, 0.2) is 67.3 Å². The first-order chi connectivity index (χ1) is 20.9. The van der Waals surface area contributed by atoms with Gasteiger partial charge in [-0.2, -0.15) is 8.78 Å². The number of hydrogen-bond donors (Lipinski definition) is 1. The average Bonchev–Trinajstić information content (AvgIpc) is 3.66. The molecule has 2 unspecified atom stereocenters. The van der Waals surface area contributed by atoms with E-state index < -0.39 is 61.5 Å². The quantitative estimate of drug-likeness (QED) is 0.200. The van der Waals surface area contributed by atoms with E-state index >= 15 is 8.78 Å². The van der Waals surface area contributed by atoms with Gasteiger partial charge in [-0.15, -0.1) is 0 Å². The molecule has 0 bridgehead atoms. The van der Waals surface area contributed by atoms with Crippen molar-refractivity contribution in [1.82, 2.24) is 19.5 Å². The lowest BCUT2D eigenvalue weighted by molar-refractivity contribution is -0.224. The fourth-order valence-electron chi connectivity index (χ4n) is 5.13. The molecule has 0 aliphatic carbocycles. The van der Waals surface area contributed by atoms with Crippen molar-refractivity contribution < 1.29 is 46.5 Å². The normalized spacial score (nSPS) is 24.2. The van der Waals surface area contributed by atoms with Crippen LogP contribution in [-0.4, -0.2) is 61.7 Å². The zero-order valence-corrected chi connectivity index (χ0v) is 24.3. The van der Waals surface area contributed by atoms with Gasteiger partial charge in [0, 0.05) is 0 Å². The molecule has 13 nitrogen and oxygen atoms in total. The highest BCUT2D eigenvalue weighted by Gasteiger charge is 2.58. The highest BCUT2D eigenvalue weighted by molar-refractivity contribution is 7.54. The third-order valence-corrected chi connectivity index (χ3v) is 8.56. The van der Waals surface area contributed by atoms with Crippen molar-refractivity contribution in [1.29, 1.82) is 0 Å². The molecule has 4 aromatic rings. The third-order valence-electron chi connectivity index (χ3n) is 7.18. The minimum Gasteiger partial charge on any atom is -0.774 e. The van der Waals surface area contributed by atoms with E-state index in [0.29, 0.717) is 16.7 Å². The lowest BCUT2D eigenvalue weighted by Gasteiger charge is -2.32. The van der Waals surface area contributed by atoms with Gasteiger partial charge in [0.1, 0.15) is 42.5 Å². The molecule has 2 fully saturated rings. The number of ether oxygens (including phenoxy) is 4. The number of hydrogen-bond acceptors (Lipinski definition) is 12. The van der Waals surface area contributed by atoms with Crippen molar-refractivity contribution >= 4 is 30.4 Å². The van der Waals surface area contributed by atoms with Crippen LogP contribution in [-0.2, 0) is 29.9 Å². The zero-order valence-electron chi connectivity index (χ0n) is 23.4. The molecule has 4 heterocycles. The summed E-state index contributed by atoms with van der Waals surface area (Å²) in [7, 11) is -6.18. The van der Waals surface area contributed by atoms with Gasteiger partial charge >= 0.3 is 5.66 Å². The van der Waals surface area contributed by atoms with E-state index in [1.165, 1.54) is 35.4 Å². The number of ketones is 1. The monoisotopic (exact) mass is 630 g/mol. The molecule has 0 spiro atoms. The fourth-order valence-corrected chi connectivity index (χ4v) is 6.00. The number of anilines is 1. The first-order valence-corrected chi connectivity index (χ1v) is 15.0. The molecule has 0 radical (unpaired) electrons. The van der Waals surface area contributed by atoms with Gasteiger partial charge in [0.25, 0.3) is 0 Å². The molecule has 2 aliphatic heterocycles. The Morgan fingerprint density at radius 1 is 1.09 bits per heavy atom. The van der Waals surface area contributed by atoms with Gasteiger partial charge in [-0.1, -0.05) is 42.5 Å². The molecule has 2 aromatic carbocycles. The molecule has 2 saturated heterocycles. The highest BCUT2D eigenvalue weighted by atomic mass is 31.2. The Balaban J connectivity index is 1.20. The Bertz CT molecular complexity index is 1740. The summed E-state index contributed by atoms with van der Waals surface area (Å²) in [6.45, 7) is 2.34. The summed E-state index contributed by atoms with van der Waals surface area (Å²) in [5.74, 6) is -3.20. The van der Waals surface area contributed by atoms with Crippen LogP contribution in [0.2, 0.25) is 0 Å². The molecule has 232 valence electrons. The van der Waals surface area contributed by atoms with Gasteiger partial charge < -0.3 is 38.7 Å². The maximum absolute atomic E-state index is 15.4. The number of Topliss-reactive ketones (excluding diaryl/α,β-unsaturated/α-hetero) is 1. The van der Waals surface area contributed by atoms with E-state index in [9.17, 15) is 14.3 Å². The predicted octanol–water partition coefficient (Wildman–Crippen LogP) is 3.45. The van der Waals surface area contributed by atoms with Gasteiger partial charge in [-0.25, -0.2) is 15.0 Å². The molecule has 0 saturated carbocycles. The Labute approximate surface area is 249 Å². The van der Waals surface area contributed by atoms with Crippen LogP contribution < -0.4 is 15.4 Å². The number of fused-ring (bicyclic) bond motifs is 2. The Hall–Kier alpha value is -3.85. The van der Waals surface area contributed by atoms with Crippen LogP contribution in [0.4, 0.5) is 14.6 Å². The summed E-state index contributed by atoms with van der Waals surface area (Å²) in [5.41, 5.74) is 1.64. The lowest BCUT2D eigenvalue weighted by atomic mass is 10.1. The molecule has 2 aromatic heterocycles. The molecule has 0 amide bonds. The molecule has 2 N–H and O–H groups in total. The zero-order chi connectivity index (χ0) is 31.3. The molecule has 6 rings (SSSR count). The molecular weight excluding hydrogens is 603 g/mol. The van der Waals surface area contributed by atoms with Crippen LogP contribution in [0.1, 0.15) is 36.0 Å². The number of rotatable bonds is 10. The smallest absolute Gasteiger partial charge is 0.370 e. The Morgan fingerprint density at radius 3 is 2.57 bits per heavy atom. The second kappa shape index (κ2) is 11.3. The number of alkyl halides is 2. The lowest BCUT2D eigenvalue weighted by Crippen LogP contribution is -2.38. The van der Waals surface area contributed by atoms with E-state index in [-0.39, 0.29) is 18.2 Å². The topological polar surface area (TPSA) is 173 Å². The van der Waals surface area contributed by atoms with Gasteiger partial charge in [0.15, 0.2) is 23.5 Å². The number of carbonyl (C=O) groups excluding carboxylic acids is 1. The van der Waals surface area contributed by atoms with Crippen molar-refractivity contribution in [2.45, 2.75) is 56.4 Å². The minimum absolute atomic E-state index is 0.0335. The Kier molecular flexibility index (Phi) is 7.72. The summed E-state index contributed by atoms with van der Waals surface area (Å²) in [4.78, 5) is 38.1. The highest BCUT2D eigenvalue weighted by Crippen LogP contribution is 2.56. The SMILES string of the molecule is CC1(C)OC2[C@@H](COP(=O)([O-])C(F)(F)C(=O)c3ccccc3OCc3ccccc3)O[C@@H](n3cnc4c(N)ncnc43)[C@H]2O1. The van der Waals surface area contributed by atoms with E-state index in [4.69, 9.17) is 29.2 Å². The number of imidazole rings is 1. The number of nitrogens with two attached hydrogens (primary N) is 1. The van der Waals surface area contributed by atoms with Gasteiger partial charge in [0.05, 0.1) is 18.5 Å². The molecular formula is C28H27F2N5O8P-. The summed E-state index contributed by atoms with van der Waals surface area (Å²) in [6, 6.07) is 14.0. The van der Waals surface area contributed by atoms with Crippen molar-refractivity contribution in [3.8, 4) is 5.75 Å². The van der Waals surface area contributed by atoms with Gasteiger partial charge in [0.2, 0.25) is 13.4 Å². The van der Waals surface area contributed by atoms with Crippen molar-refractivity contribution in [2.24, 2.45) is 0 Å².